The van der Waals surface area contributed by atoms with E-state index in [1.807, 2.05) is 0 Å². The summed E-state index contributed by atoms with van der Waals surface area (Å²) in [4.78, 5) is 11.2. The number of carbonyl (C=O) groups excluding carboxylic acids is 1. The summed E-state index contributed by atoms with van der Waals surface area (Å²) in [5.74, 6) is -0.852. The summed E-state index contributed by atoms with van der Waals surface area (Å²) in [7, 11) is 0. The predicted octanol–water partition coefficient (Wildman–Crippen LogP) is 0.973. The Morgan fingerprint density at radius 2 is 2.23 bits per heavy atom. The van der Waals surface area contributed by atoms with Crippen molar-refractivity contribution in [1.29, 1.82) is 0 Å². The highest BCUT2D eigenvalue weighted by Crippen LogP contribution is 2.14. The van der Waals surface area contributed by atoms with Crippen LogP contribution < -0.4 is 5.73 Å². The van der Waals surface area contributed by atoms with E-state index in [2.05, 4.69) is 0 Å². The van der Waals surface area contributed by atoms with Crippen LogP contribution in [-0.4, -0.2) is 17.5 Å². The number of anilines is 1. The first-order valence-electron chi connectivity index (χ1n) is 3.84. The van der Waals surface area contributed by atoms with Gasteiger partial charge in [0.15, 0.2) is 5.78 Å². The lowest BCUT2D eigenvalue weighted by Gasteiger charge is -2.02. The fourth-order valence-electron chi connectivity index (χ4n) is 1.01. The number of benzene rings is 1. The van der Waals surface area contributed by atoms with Crippen LogP contribution >= 0.6 is 0 Å². The number of rotatable bonds is 3. The minimum absolute atomic E-state index is 0.0341. The number of carbonyl (C=O) groups is 1. The number of hydrogen-bond acceptors (Lipinski definition) is 3. The van der Waals surface area contributed by atoms with E-state index in [1.54, 1.807) is 0 Å². The predicted molar refractivity (Wildman–Crippen MR) is 46.8 cm³/mol. The lowest BCUT2D eigenvalue weighted by Crippen LogP contribution is -2.06. The van der Waals surface area contributed by atoms with Gasteiger partial charge in [-0.3, -0.25) is 4.79 Å². The summed E-state index contributed by atoms with van der Waals surface area (Å²) < 4.78 is 12.7. The fourth-order valence-corrected chi connectivity index (χ4v) is 1.01. The van der Waals surface area contributed by atoms with Crippen molar-refractivity contribution in [3.8, 4) is 0 Å². The molecular weight excluding hydrogens is 173 g/mol. The SMILES string of the molecule is Nc1ccc(F)cc1C(=O)CCO. The highest BCUT2D eigenvalue weighted by atomic mass is 19.1. The first-order valence-corrected chi connectivity index (χ1v) is 3.84. The van der Waals surface area contributed by atoms with Gasteiger partial charge in [-0.25, -0.2) is 4.39 Å². The molecular formula is C9H10FNO2. The molecule has 0 fully saturated rings. The van der Waals surface area contributed by atoms with Crippen molar-refractivity contribution in [3.63, 3.8) is 0 Å². The van der Waals surface area contributed by atoms with Crippen molar-refractivity contribution in [2.45, 2.75) is 6.42 Å². The van der Waals surface area contributed by atoms with Crippen LogP contribution in [0.15, 0.2) is 18.2 Å². The topological polar surface area (TPSA) is 63.3 Å². The van der Waals surface area contributed by atoms with E-state index in [0.29, 0.717) is 0 Å². The van der Waals surface area contributed by atoms with Gasteiger partial charge in [0.1, 0.15) is 5.82 Å². The number of halogens is 1. The molecule has 70 valence electrons. The largest absolute Gasteiger partial charge is 0.398 e. The average Bonchev–Trinajstić information content (AvgIpc) is 2.09. The van der Waals surface area contributed by atoms with Crippen LogP contribution in [0.25, 0.3) is 0 Å². The zero-order valence-corrected chi connectivity index (χ0v) is 6.96. The molecule has 1 rings (SSSR count). The van der Waals surface area contributed by atoms with Crippen molar-refractivity contribution in [2.24, 2.45) is 0 Å². The molecule has 0 heterocycles. The second-order valence-corrected chi connectivity index (χ2v) is 2.63. The van der Waals surface area contributed by atoms with Crippen molar-refractivity contribution < 1.29 is 14.3 Å². The second kappa shape index (κ2) is 4.00. The first-order chi connectivity index (χ1) is 6.15. The maximum absolute atomic E-state index is 12.7. The molecule has 0 aliphatic heterocycles. The summed E-state index contributed by atoms with van der Waals surface area (Å²) in [5.41, 5.74) is 5.82. The van der Waals surface area contributed by atoms with Crippen LogP contribution in [0.5, 0.6) is 0 Å². The molecule has 0 bridgehead atoms. The molecule has 0 atom stereocenters. The maximum Gasteiger partial charge on any atom is 0.167 e. The average molecular weight is 183 g/mol. The molecule has 4 heteroatoms. The van der Waals surface area contributed by atoms with Gasteiger partial charge in [0.2, 0.25) is 0 Å². The standard InChI is InChI=1S/C9H10FNO2/c10-6-1-2-8(11)7(5-6)9(13)3-4-12/h1-2,5,12H,3-4,11H2. The minimum Gasteiger partial charge on any atom is -0.398 e. The van der Waals surface area contributed by atoms with Gasteiger partial charge in [-0.15, -0.1) is 0 Å². The maximum atomic E-state index is 12.7. The zero-order chi connectivity index (χ0) is 9.84. The molecule has 0 amide bonds. The molecule has 3 N–H and O–H groups in total. The second-order valence-electron chi connectivity index (χ2n) is 2.63. The van der Waals surface area contributed by atoms with Crippen LogP contribution in [0, 0.1) is 5.82 Å². The Morgan fingerprint density at radius 1 is 1.54 bits per heavy atom. The number of aliphatic hydroxyl groups excluding tert-OH is 1. The molecule has 0 aromatic heterocycles. The van der Waals surface area contributed by atoms with E-state index in [1.165, 1.54) is 12.1 Å². The molecule has 0 saturated carbocycles. The normalized spacial score (nSPS) is 10.0. The first kappa shape index (κ1) is 9.67. The molecule has 0 radical (unpaired) electrons. The van der Waals surface area contributed by atoms with E-state index in [0.717, 1.165) is 6.07 Å². The monoisotopic (exact) mass is 183 g/mol. The minimum atomic E-state index is -0.504. The third-order valence-corrected chi connectivity index (χ3v) is 1.65. The Labute approximate surface area is 75.0 Å². The molecule has 0 unspecified atom stereocenters. The van der Waals surface area contributed by atoms with Gasteiger partial charge in [0.05, 0.1) is 6.61 Å². The number of aliphatic hydroxyl groups is 1. The van der Waals surface area contributed by atoms with E-state index in [-0.39, 0.29) is 30.1 Å². The lowest BCUT2D eigenvalue weighted by atomic mass is 10.1. The molecule has 1 aromatic rings. The van der Waals surface area contributed by atoms with Crippen LogP contribution in [0.3, 0.4) is 0 Å². The highest BCUT2D eigenvalue weighted by Gasteiger charge is 2.09. The number of ketones is 1. The van der Waals surface area contributed by atoms with Crippen molar-refractivity contribution in [1.82, 2.24) is 0 Å². The fraction of sp³-hybridized carbons (Fsp3) is 0.222. The summed E-state index contributed by atoms with van der Waals surface area (Å²) >= 11 is 0. The Morgan fingerprint density at radius 3 is 2.85 bits per heavy atom. The molecule has 0 saturated heterocycles. The Balaban J connectivity index is 2.99. The molecule has 3 nitrogen and oxygen atoms in total. The number of hydrogen-bond donors (Lipinski definition) is 2. The quantitative estimate of drug-likeness (QED) is 0.542. The van der Waals surface area contributed by atoms with Gasteiger partial charge in [0, 0.05) is 17.7 Å². The highest BCUT2D eigenvalue weighted by molar-refractivity contribution is 6.00. The van der Waals surface area contributed by atoms with Crippen LogP contribution in [0.2, 0.25) is 0 Å². The zero-order valence-electron chi connectivity index (χ0n) is 6.96. The summed E-state index contributed by atoms with van der Waals surface area (Å²) in [6.45, 7) is -0.255. The third kappa shape index (κ3) is 2.26. The molecule has 0 aliphatic rings. The summed E-state index contributed by atoms with van der Waals surface area (Å²) in [6, 6.07) is 3.60. The van der Waals surface area contributed by atoms with E-state index >= 15 is 0 Å². The van der Waals surface area contributed by atoms with Gasteiger partial charge >= 0.3 is 0 Å². The van der Waals surface area contributed by atoms with Crippen molar-refractivity contribution >= 4 is 11.5 Å². The molecule has 0 spiro atoms. The lowest BCUT2D eigenvalue weighted by molar-refractivity contribution is 0.0957. The van der Waals surface area contributed by atoms with E-state index in [9.17, 15) is 9.18 Å². The summed E-state index contributed by atoms with van der Waals surface area (Å²) in [6.07, 6.45) is -0.0341. The van der Waals surface area contributed by atoms with Gasteiger partial charge in [-0.1, -0.05) is 0 Å². The van der Waals surface area contributed by atoms with Gasteiger partial charge in [-0.05, 0) is 18.2 Å². The van der Waals surface area contributed by atoms with Gasteiger partial charge in [-0.2, -0.15) is 0 Å². The van der Waals surface area contributed by atoms with Crippen LogP contribution in [-0.2, 0) is 0 Å². The Hall–Kier alpha value is -1.42. The van der Waals surface area contributed by atoms with Crippen molar-refractivity contribution in [2.75, 3.05) is 12.3 Å². The van der Waals surface area contributed by atoms with Crippen molar-refractivity contribution in [3.05, 3.63) is 29.6 Å². The van der Waals surface area contributed by atoms with E-state index in [4.69, 9.17) is 10.8 Å². The van der Waals surface area contributed by atoms with Gasteiger partial charge < -0.3 is 10.8 Å². The van der Waals surface area contributed by atoms with E-state index < -0.39 is 5.82 Å². The molecule has 1 aromatic carbocycles. The van der Waals surface area contributed by atoms with Gasteiger partial charge in [0.25, 0.3) is 0 Å². The smallest absolute Gasteiger partial charge is 0.167 e. The number of nitrogens with two attached hydrogens (primary N) is 1. The number of Topliss-reactive ketones (excluding diaryl/α,β-unsaturated/α-hetero) is 1. The Kier molecular flexibility index (Phi) is 2.97. The Bertz CT molecular complexity index is 325. The van der Waals surface area contributed by atoms with Crippen LogP contribution in [0.1, 0.15) is 16.8 Å². The molecule has 0 aliphatic carbocycles. The van der Waals surface area contributed by atoms with Crippen LogP contribution in [0.4, 0.5) is 10.1 Å². The number of nitrogen functional groups attached to an aromatic ring is 1. The summed E-state index contributed by atoms with van der Waals surface area (Å²) in [5, 5.41) is 8.50. The molecule has 13 heavy (non-hydrogen) atoms. The third-order valence-electron chi connectivity index (χ3n) is 1.65.